The van der Waals surface area contributed by atoms with Crippen LogP contribution in [0.2, 0.25) is 0 Å². The highest BCUT2D eigenvalue weighted by atomic mass is 16.5. The van der Waals surface area contributed by atoms with Crippen molar-refractivity contribution in [2.45, 2.75) is 0 Å². The smallest absolute Gasteiger partial charge is 0.135 e. The standard InChI is InChI=1S/C36H28N2O2/c1-37(2)29-17-15-25-23-13-11-21(19-33(23)39-31-9-5-7-27(29)35(25)31)22-12-14-24-26-16-18-30(38(3)4)28-8-6-10-32(36(26)28)40-34(24)20-22/h5-20H,1-4H3. The molecule has 0 aromatic heterocycles. The molecule has 0 saturated carbocycles. The molecule has 194 valence electrons. The molecule has 2 aliphatic rings. The van der Waals surface area contributed by atoms with E-state index in [1.807, 2.05) is 0 Å². The highest BCUT2D eigenvalue weighted by molar-refractivity contribution is 6.10. The minimum Gasteiger partial charge on any atom is -0.456 e. The van der Waals surface area contributed by atoms with Crippen molar-refractivity contribution < 1.29 is 9.47 Å². The van der Waals surface area contributed by atoms with Gasteiger partial charge in [-0.15, -0.1) is 0 Å². The molecule has 0 atom stereocenters. The maximum atomic E-state index is 6.52. The third kappa shape index (κ3) is 3.19. The Labute approximate surface area is 233 Å². The summed E-state index contributed by atoms with van der Waals surface area (Å²) in [4.78, 5) is 4.30. The van der Waals surface area contributed by atoms with E-state index in [9.17, 15) is 0 Å². The Bertz CT molecular complexity index is 1880. The Kier molecular flexibility index (Phi) is 4.75. The number of hydrogen-bond acceptors (Lipinski definition) is 4. The monoisotopic (exact) mass is 520 g/mol. The summed E-state index contributed by atoms with van der Waals surface area (Å²) >= 11 is 0. The van der Waals surface area contributed by atoms with Gasteiger partial charge in [0.05, 0.1) is 0 Å². The first-order chi connectivity index (χ1) is 19.5. The van der Waals surface area contributed by atoms with Crippen LogP contribution in [0.15, 0.2) is 97.1 Å². The maximum Gasteiger partial charge on any atom is 0.135 e. The van der Waals surface area contributed by atoms with Crippen LogP contribution in [0.4, 0.5) is 11.4 Å². The number of rotatable bonds is 3. The number of fused-ring (bicyclic) bond motifs is 4. The summed E-state index contributed by atoms with van der Waals surface area (Å²) in [5.41, 5.74) is 9.21. The highest BCUT2D eigenvalue weighted by Gasteiger charge is 2.24. The van der Waals surface area contributed by atoms with E-state index >= 15 is 0 Å². The number of benzene rings is 6. The van der Waals surface area contributed by atoms with E-state index in [0.29, 0.717) is 0 Å². The van der Waals surface area contributed by atoms with Gasteiger partial charge in [-0.05, 0) is 70.8 Å². The van der Waals surface area contributed by atoms with E-state index in [0.717, 1.165) is 45.3 Å². The van der Waals surface area contributed by atoms with Gasteiger partial charge in [-0.1, -0.05) is 48.5 Å². The van der Waals surface area contributed by atoms with Gasteiger partial charge >= 0.3 is 0 Å². The van der Waals surface area contributed by atoms with Crippen LogP contribution in [0.1, 0.15) is 0 Å². The molecule has 8 rings (SSSR count). The van der Waals surface area contributed by atoms with Gasteiger partial charge in [-0.25, -0.2) is 0 Å². The largest absolute Gasteiger partial charge is 0.456 e. The quantitative estimate of drug-likeness (QED) is 0.232. The second kappa shape index (κ2) is 8.27. The minimum atomic E-state index is 0.875. The normalized spacial score (nSPS) is 12.4. The lowest BCUT2D eigenvalue weighted by atomic mass is 9.90. The fourth-order valence-corrected chi connectivity index (χ4v) is 6.37. The third-order valence-electron chi connectivity index (χ3n) is 8.24. The van der Waals surface area contributed by atoms with Crippen LogP contribution >= 0.6 is 0 Å². The van der Waals surface area contributed by atoms with E-state index in [-0.39, 0.29) is 0 Å². The van der Waals surface area contributed by atoms with E-state index in [1.165, 1.54) is 44.0 Å². The van der Waals surface area contributed by atoms with Crippen LogP contribution in [0, 0.1) is 0 Å². The van der Waals surface area contributed by atoms with Crippen LogP contribution in [0.5, 0.6) is 23.0 Å². The topological polar surface area (TPSA) is 24.9 Å². The van der Waals surface area contributed by atoms with Crippen LogP contribution in [0.25, 0.3) is 54.9 Å². The molecule has 0 fully saturated rings. The summed E-state index contributed by atoms with van der Waals surface area (Å²) in [7, 11) is 8.32. The zero-order valence-corrected chi connectivity index (χ0v) is 22.9. The maximum absolute atomic E-state index is 6.52. The first-order valence-electron chi connectivity index (χ1n) is 13.6. The number of nitrogens with zero attached hydrogens (tertiary/aromatic N) is 2. The number of anilines is 2. The Balaban J connectivity index is 1.23. The molecule has 0 radical (unpaired) electrons. The lowest BCUT2D eigenvalue weighted by Crippen LogP contribution is -2.10. The van der Waals surface area contributed by atoms with Crippen LogP contribution in [0.3, 0.4) is 0 Å². The molecule has 40 heavy (non-hydrogen) atoms. The average molecular weight is 521 g/mol. The van der Waals surface area contributed by atoms with Crippen molar-refractivity contribution in [2.24, 2.45) is 0 Å². The van der Waals surface area contributed by atoms with Crippen molar-refractivity contribution in [3.63, 3.8) is 0 Å². The molecule has 0 spiro atoms. The molecular formula is C36H28N2O2. The fraction of sp³-hybridized carbons (Fsp3) is 0.111. The first kappa shape index (κ1) is 23.0. The molecule has 4 heteroatoms. The number of hydrogen-bond donors (Lipinski definition) is 0. The molecule has 6 aromatic carbocycles. The molecule has 0 saturated heterocycles. The predicted octanol–water partition coefficient (Wildman–Crippen LogP) is 9.34. The van der Waals surface area contributed by atoms with E-state index < -0.39 is 0 Å². The molecule has 0 unspecified atom stereocenters. The minimum absolute atomic E-state index is 0.875. The van der Waals surface area contributed by atoms with E-state index in [2.05, 4.69) is 135 Å². The molecule has 2 aliphatic heterocycles. The Hall–Kier alpha value is -4.96. The summed E-state index contributed by atoms with van der Waals surface area (Å²) in [6, 6.07) is 34.5. The Morgan fingerprint density at radius 1 is 0.425 bits per heavy atom. The third-order valence-corrected chi connectivity index (χ3v) is 8.24. The molecule has 2 heterocycles. The zero-order chi connectivity index (χ0) is 27.1. The van der Waals surface area contributed by atoms with Gasteiger partial charge in [-0.3, -0.25) is 0 Å². The predicted molar refractivity (Wildman–Crippen MR) is 167 cm³/mol. The van der Waals surface area contributed by atoms with Crippen molar-refractivity contribution in [2.75, 3.05) is 38.0 Å². The van der Waals surface area contributed by atoms with E-state index in [4.69, 9.17) is 9.47 Å². The fourth-order valence-electron chi connectivity index (χ4n) is 6.37. The lowest BCUT2D eigenvalue weighted by Gasteiger charge is -2.25. The van der Waals surface area contributed by atoms with Gasteiger partial charge in [0.25, 0.3) is 0 Å². The molecule has 0 bridgehead atoms. The molecule has 6 aromatic rings. The van der Waals surface area contributed by atoms with Crippen molar-refractivity contribution in [1.82, 2.24) is 0 Å². The average Bonchev–Trinajstić information content (AvgIpc) is 2.96. The van der Waals surface area contributed by atoms with Crippen LogP contribution in [-0.4, -0.2) is 28.2 Å². The Morgan fingerprint density at radius 2 is 0.850 bits per heavy atom. The van der Waals surface area contributed by atoms with Crippen molar-refractivity contribution in [3.05, 3.63) is 97.1 Å². The highest BCUT2D eigenvalue weighted by Crippen LogP contribution is 2.51. The molecule has 4 nitrogen and oxygen atoms in total. The SMILES string of the molecule is CN(C)c1ccc2c3c(cccc13)Oc1cc(-c3ccc4c(c3)Oc3cccc5c(N(C)C)ccc-4c35)ccc1-2. The molecule has 0 amide bonds. The van der Waals surface area contributed by atoms with Gasteiger partial charge < -0.3 is 19.3 Å². The number of ether oxygens (including phenoxy) is 2. The van der Waals surface area contributed by atoms with Crippen molar-refractivity contribution in [3.8, 4) is 56.4 Å². The van der Waals surface area contributed by atoms with Gasteiger partial charge in [-0.2, -0.15) is 0 Å². The van der Waals surface area contributed by atoms with Gasteiger partial charge in [0, 0.05) is 72.2 Å². The van der Waals surface area contributed by atoms with Crippen LogP contribution < -0.4 is 19.3 Å². The van der Waals surface area contributed by atoms with E-state index in [1.54, 1.807) is 0 Å². The first-order valence-corrected chi connectivity index (χ1v) is 13.6. The summed E-state index contributed by atoms with van der Waals surface area (Å²) in [5.74, 6) is 3.55. The Morgan fingerprint density at radius 3 is 1.27 bits per heavy atom. The second-order valence-corrected chi connectivity index (χ2v) is 11.0. The van der Waals surface area contributed by atoms with Crippen molar-refractivity contribution >= 4 is 32.9 Å². The summed E-state index contributed by atoms with van der Waals surface area (Å²) < 4.78 is 13.0. The summed E-state index contributed by atoms with van der Waals surface area (Å²) in [6.45, 7) is 0. The summed E-state index contributed by atoms with van der Waals surface area (Å²) in [5, 5.41) is 4.74. The lowest BCUT2D eigenvalue weighted by molar-refractivity contribution is 0.486. The molecule has 0 N–H and O–H groups in total. The van der Waals surface area contributed by atoms with Gasteiger partial charge in [0.2, 0.25) is 0 Å². The zero-order valence-electron chi connectivity index (χ0n) is 22.9. The van der Waals surface area contributed by atoms with Gasteiger partial charge in [0.1, 0.15) is 23.0 Å². The molecular weight excluding hydrogens is 492 g/mol. The second-order valence-electron chi connectivity index (χ2n) is 11.0. The van der Waals surface area contributed by atoms with Gasteiger partial charge in [0.15, 0.2) is 0 Å². The van der Waals surface area contributed by atoms with Crippen molar-refractivity contribution in [1.29, 1.82) is 0 Å². The molecule has 0 aliphatic carbocycles. The summed E-state index contributed by atoms with van der Waals surface area (Å²) in [6.07, 6.45) is 0. The van der Waals surface area contributed by atoms with Crippen LogP contribution in [-0.2, 0) is 0 Å².